The summed E-state index contributed by atoms with van der Waals surface area (Å²) in [7, 11) is 0. The van der Waals surface area contributed by atoms with Gasteiger partial charge >= 0.3 is 5.97 Å². The van der Waals surface area contributed by atoms with E-state index in [4.69, 9.17) is 5.11 Å². The van der Waals surface area contributed by atoms with Crippen LogP contribution in [-0.2, 0) is 4.79 Å². The summed E-state index contributed by atoms with van der Waals surface area (Å²) in [6.07, 6.45) is 1.35. The lowest BCUT2D eigenvalue weighted by atomic mass is 10.2. The molecule has 1 heterocycles. The first-order valence-electron chi connectivity index (χ1n) is 5.44. The molecule has 2 rings (SSSR count). The molecule has 0 atom stereocenters. The summed E-state index contributed by atoms with van der Waals surface area (Å²) in [6.45, 7) is 1.56. The average molecular weight is 302 g/mol. The minimum atomic E-state index is -1.08. The molecule has 0 bridgehead atoms. The van der Waals surface area contributed by atoms with Crippen LogP contribution >= 0.6 is 11.8 Å². The highest BCUT2D eigenvalue weighted by Crippen LogP contribution is 2.27. The van der Waals surface area contributed by atoms with Crippen LogP contribution in [0.15, 0.2) is 23.5 Å². The van der Waals surface area contributed by atoms with Gasteiger partial charge in [-0.3, -0.25) is 9.36 Å². The predicted octanol–water partition coefficient (Wildman–Crippen LogP) is 2.77. The zero-order valence-corrected chi connectivity index (χ0v) is 11.0. The molecule has 1 aromatic carbocycles. The lowest BCUT2D eigenvalue weighted by molar-refractivity contribution is -0.133. The van der Waals surface area contributed by atoms with Crippen LogP contribution < -0.4 is 0 Å². The number of aryl methyl sites for hydroxylation is 1. The van der Waals surface area contributed by atoms with Gasteiger partial charge in [0, 0.05) is 24.0 Å². The third-order valence-corrected chi connectivity index (χ3v) is 3.37. The quantitative estimate of drug-likeness (QED) is 0.882. The van der Waals surface area contributed by atoms with Gasteiger partial charge in [0.25, 0.3) is 0 Å². The van der Waals surface area contributed by atoms with Crippen molar-refractivity contribution in [3.8, 4) is 5.69 Å². The van der Waals surface area contributed by atoms with Crippen LogP contribution in [0.2, 0.25) is 0 Å². The minimum absolute atomic E-state index is 0.120. The highest BCUT2D eigenvalue weighted by molar-refractivity contribution is 7.99. The summed E-state index contributed by atoms with van der Waals surface area (Å²) >= 11 is 0.818. The predicted molar refractivity (Wildman–Crippen MR) is 66.5 cm³/mol. The Morgan fingerprint density at radius 1 is 1.35 bits per heavy atom. The van der Waals surface area contributed by atoms with Crippen LogP contribution in [0.25, 0.3) is 5.69 Å². The molecule has 0 spiro atoms. The second-order valence-electron chi connectivity index (χ2n) is 3.92. The number of aliphatic carboxylic acids is 1. The second kappa shape index (κ2) is 5.58. The number of aromatic nitrogens is 2. The van der Waals surface area contributed by atoms with E-state index in [0.29, 0.717) is 17.8 Å². The summed E-state index contributed by atoms with van der Waals surface area (Å²) < 4.78 is 41.6. The zero-order valence-electron chi connectivity index (χ0n) is 10.2. The molecule has 0 unspecified atom stereocenters. The van der Waals surface area contributed by atoms with E-state index in [9.17, 15) is 18.0 Å². The largest absolute Gasteiger partial charge is 0.481 e. The number of carboxylic acids is 1. The molecule has 0 radical (unpaired) electrons. The molecule has 0 amide bonds. The molecule has 1 aromatic heterocycles. The lowest BCUT2D eigenvalue weighted by Gasteiger charge is -2.11. The normalized spacial score (nSPS) is 10.8. The van der Waals surface area contributed by atoms with Crippen LogP contribution in [0.1, 0.15) is 5.69 Å². The molecule has 0 aliphatic heterocycles. The summed E-state index contributed by atoms with van der Waals surface area (Å²) in [5, 5.41) is 8.75. The van der Waals surface area contributed by atoms with Crippen molar-refractivity contribution in [3.05, 3.63) is 41.5 Å². The molecular formula is C12H9F3N2O2S. The molecule has 4 nitrogen and oxygen atoms in total. The van der Waals surface area contributed by atoms with E-state index < -0.39 is 29.1 Å². The summed E-state index contributed by atoms with van der Waals surface area (Å²) in [5.41, 5.74) is -0.0726. The highest BCUT2D eigenvalue weighted by atomic mass is 32.2. The first kappa shape index (κ1) is 14.4. The fraction of sp³-hybridized carbons (Fsp3) is 0.167. The Labute approximate surface area is 116 Å². The Morgan fingerprint density at radius 2 is 1.95 bits per heavy atom. The number of hydrogen-bond donors (Lipinski definition) is 1. The highest BCUT2D eigenvalue weighted by Gasteiger charge is 2.19. The fourth-order valence-corrected chi connectivity index (χ4v) is 2.41. The number of carbonyl (C=O) groups is 1. The van der Waals surface area contributed by atoms with Crippen molar-refractivity contribution < 1.29 is 23.1 Å². The Kier molecular flexibility index (Phi) is 4.03. The lowest BCUT2D eigenvalue weighted by Crippen LogP contribution is -2.07. The van der Waals surface area contributed by atoms with E-state index in [1.165, 1.54) is 6.20 Å². The van der Waals surface area contributed by atoms with E-state index in [0.717, 1.165) is 16.3 Å². The molecule has 8 heteroatoms. The zero-order chi connectivity index (χ0) is 14.9. The van der Waals surface area contributed by atoms with Gasteiger partial charge in [0.2, 0.25) is 0 Å². The molecule has 0 saturated carbocycles. The van der Waals surface area contributed by atoms with Gasteiger partial charge < -0.3 is 5.11 Å². The van der Waals surface area contributed by atoms with Crippen LogP contribution in [-0.4, -0.2) is 26.4 Å². The van der Waals surface area contributed by atoms with Gasteiger partial charge in [-0.2, -0.15) is 0 Å². The first-order valence-corrected chi connectivity index (χ1v) is 6.42. The van der Waals surface area contributed by atoms with E-state index in [2.05, 4.69) is 4.98 Å². The van der Waals surface area contributed by atoms with Crippen LogP contribution in [0, 0.1) is 24.4 Å². The van der Waals surface area contributed by atoms with Gasteiger partial charge in [-0.15, -0.1) is 0 Å². The van der Waals surface area contributed by atoms with Gasteiger partial charge in [-0.05, 0) is 6.92 Å². The number of rotatable bonds is 4. The number of nitrogens with zero attached hydrogens (tertiary/aromatic N) is 2. The van der Waals surface area contributed by atoms with Crippen molar-refractivity contribution in [2.75, 3.05) is 5.75 Å². The van der Waals surface area contributed by atoms with Gasteiger partial charge in [0.05, 0.1) is 5.75 Å². The molecule has 20 heavy (non-hydrogen) atoms. The maximum atomic E-state index is 13.8. The third-order valence-electron chi connectivity index (χ3n) is 2.44. The van der Waals surface area contributed by atoms with Gasteiger partial charge in [-0.25, -0.2) is 18.2 Å². The maximum absolute atomic E-state index is 13.8. The second-order valence-corrected chi connectivity index (χ2v) is 4.86. The Bertz CT molecular complexity index is 650. The van der Waals surface area contributed by atoms with Crippen LogP contribution in [0.5, 0.6) is 0 Å². The molecule has 0 saturated heterocycles. The Balaban J connectivity index is 2.52. The van der Waals surface area contributed by atoms with Crippen molar-refractivity contribution in [3.63, 3.8) is 0 Å². The van der Waals surface area contributed by atoms with E-state index in [1.54, 1.807) is 6.92 Å². The topological polar surface area (TPSA) is 55.1 Å². The first-order chi connectivity index (χ1) is 9.40. The van der Waals surface area contributed by atoms with Crippen LogP contribution in [0.3, 0.4) is 0 Å². The van der Waals surface area contributed by atoms with Gasteiger partial charge in [0.15, 0.2) is 16.8 Å². The van der Waals surface area contributed by atoms with Gasteiger partial charge in [0.1, 0.15) is 11.5 Å². The molecule has 0 aliphatic carbocycles. The molecule has 0 fully saturated rings. The fourth-order valence-electron chi connectivity index (χ4n) is 1.66. The van der Waals surface area contributed by atoms with E-state index in [-0.39, 0.29) is 10.9 Å². The number of carboxylic acid groups (broad SMARTS) is 1. The molecule has 1 N–H and O–H groups in total. The number of thioether (sulfide) groups is 1. The van der Waals surface area contributed by atoms with Gasteiger partial charge in [-0.1, -0.05) is 11.8 Å². The van der Waals surface area contributed by atoms with Crippen molar-refractivity contribution in [1.29, 1.82) is 0 Å². The van der Waals surface area contributed by atoms with Crippen molar-refractivity contribution >= 4 is 17.7 Å². The smallest absolute Gasteiger partial charge is 0.313 e. The standard InChI is InChI=1S/C12H9F3N2O2S/c1-6-4-16-12(20-5-10(18)19)17(6)11-8(14)2-7(13)3-9(11)15/h2-4H,5H2,1H3,(H,18,19). The Hall–Kier alpha value is -1.96. The van der Waals surface area contributed by atoms with E-state index in [1.807, 2.05) is 0 Å². The average Bonchev–Trinajstić information content (AvgIpc) is 2.67. The molecule has 2 aromatic rings. The molecular weight excluding hydrogens is 293 g/mol. The summed E-state index contributed by atoms with van der Waals surface area (Å²) in [5.74, 6) is -4.58. The number of benzene rings is 1. The third kappa shape index (κ3) is 2.79. The number of imidazole rings is 1. The van der Waals surface area contributed by atoms with Crippen molar-refractivity contribution in [2.45, 2.75) is 12.1 Å². The monoisotopic (exact) mass is 302 g/mol. The molecule has 106 valence electrons. The van der Waals surface area contributed by atoms with E-state index >= 15 is 0 Å². The number of halogens is 3. The summed E-state index contributed by atoms with van der Waals surface area (Å²) in [6, 6.07) is 1.12. The van der Waals surface area contributed by atoms with Crippen LogP contribution in [0.4, 0.5) is 13.2 Å². The molecule has 0 aliphatic rings. The Morgan fingerprint density at radius 3 is 2.50 bits per heavy atom. The SMILES string of the molecule is Cc1cnc(SCC(=O)O)n1-c1c(F)cc(F)cc1F. The van der Waals surface area contributed by atoms with Crippen molar-refractivity contribution in [2.24, 2.45) is 0 Å². The maximum Gasteiger partial charge on any atom is 0.313 e. The summed E-state index contributed by atoms with van der Waals surface area (Å²) in [4.78, 5) is 14.5. The number of hydrogen-bond acceptors (Lipinski definition) is 3. The van der Waals surface area contributed by atoms with Crippen molar-refractivity contribution in [1.82, 2.24) is 9.55 Å². The minimum Gasteiger partial charge on any atom is -0.481 e.